The van der Waals surface area contributed by atoms with Crippen LogP contribution in [0.4, 0.5) is 0 Å². The van der Waals surface area contributed by atoms with Gasteiger partial charge in [0.15, 0.2) is 0 Å². The van der Waals surface area contributed by atoms with Crippen molar-refractivity contribution in [1.82, 2.24) is 10.2 Å². The van der Waals surface area contributed by atoms with Gasteiger partial charge in [0.2, 0.25) is 0 Å². The Hall–Kier alpha value is -0.870. The molecule has 3 aliphatic rings. The highest BCUT2D eigenvalue weighted by molar-refractivity contribution is 5.74. The standard InChI is InChI=1S/C14H22N2O2/c17-14(13-10-11-1-2-12(13)9-11)18-8-7-16-5-3-15-4-6-16/h1-2,11-13,15H,3-10H2. The van der Waals surface area contributed by atoms with E-state index in [9.17, 15) is 4.79 Å². The first-order chi connectivity index (χ1) is 8.83. The second kappa shape index (κ2) is 5.41. The van der Waals surface area contributed by atoms with Gasteiger partial charge in [-0.2, -0.15) is 0 Å². The van der Waals surface area contributed by atoms with Crippen molar-refractivity contribution < 1.29 is 9.53 Å². The molecule has 4 nitrogen and oxygen atoms in total. The zero-order valence-electron chi connectivity index (χ0n) is 10.8. The predicted octanol–water partition coefficient (Wildman–Crippen LogP) is 0.647. The number of fused-ring (bicyclic) bond motifs is 2. The number of nitrogens with one attached hydrogen (secondary N) is 1. The third-order valence-electron chi connectivity index (χ3n) is 4.44. The average molecular weight is 250 g/mol. The number of carbonyl (C=O) groups excluding carboxylic acids is 1. The predicted molar refractivity (Wildman–Crippen MR) is 69.1 cm³/mol. The third kappa shape index (κ3) is 2.59. The van der Waals surface area contributed by atoms with Gasteiger partial charge >= 0.3 is 5.97 Å². The molecule has 0 radical (unpaired) electrons. The van der Waals surface area contributed by atoms with E-state index in [0.717, 1.165) is 45.6 Å². The van der Waals surface area contributed by atoms with Crippen LogP contribution in [-0.2, 0) is 9.53 Å². The molecule has 3 rings (SSSR count). The van der Waals surface area contributed by atoms with Crippen molar-refractivity contribution in [1.29, 1.82) is 0 Å². The molecule has 2 bridgehead atoms. The molecule has 4 heteroatoms. The molecular formula is C14H22N2O2. The van der Waals surface area contributed by atoms with Crippen LogP contribution >= 0.6 is 0 Å². The Kier molecular flexibility index (Phi) is 3.66. The zero-order chi connectivity index (χ0) is 12.4. The van der Waals surface area contributed by atoms with E-state index in [1.54, 1.807) is 0 Å². The van der Waals surface area contributed by atoms with Crippen LogP contribution in [0.2, 0.25) is 0 Å². The fraction of sp³-hybridized carbons (Fsp3) is 0.786. The van der Waals surface area contributed by atoms with Crippen molar-refractivity contribution in [2.45, 2.75) is 12.8 Å². The lowest BCUT2D eigenvalue weighted by Gasteiger charge is -2.27. The normalized spacial score (nSPS) is 35.0. The molecule has 1 heterocycles. The van der Waals surface area contributed by atoms with E-state index in [0.29, 0.717) is 18.4 Å². The van der Waals surface area contributed by atoms with Gasteiger partial charge in [0.1, 0.15) is 6.61 Å². The topological polar surface area (TPSA) is 41.6 Å². The lowest BCUT2D eigenvalue weighted by Crippen LogP contribution is -2.44. The first kappa shape index (κ1) is 12.2. The van der Waals surface area contributed by atoms with E-state index in [-0.39, 0.29) is 11.9 Å². The Morgan fingerprint density at radius 3 is 2.78 bits per heavy atom. The molecule has 1 N–H and O–H groups in total. The number of nitrogens with zero attached hydrogens (tertiary/aromatic N) is 1. The molecule has 2 aliphatic carbocycles. The largest absolute Gasteiger partial charge is 0.464 e. The Balaban J connectivity index is 1.38. The molecule has 1 saturated carbocycles. The molecule has 3 unspecified atom stereocenters. The van der Waals surface area contributed by atoms with Gasteiger partial charge < -0.3 is 10.1 Å². The van der Waals surface area contributed by atoms with E-state index >= 15 is 0 Å². The second-order valence-corrected chi connectivity index (χ2v) is 5.65. The van der Waals surface area contributed by atoms with E-state index in [2.05, 4.69) is 22.4 Å². The van der Waals surface area contributed by atoms with Crippen molar-refractivity contribution in [3.05, 3.63) is 12.2 Å². The highest BCUT2D eigenvalue weighted by Gasteiger charge is 2.40. The zero-order valence-corrected chi connectivity index (χ0v) is 10.8. The molecule has 3 atom stereocenters. The van der Waals surface area contributed by atoms with E-state index in [1.807, 2.05) is 0 Å². The smallest absolute Gasteiger partial charge is 0.309 e. The van der Waals surface area contributed by atoms with Crippen LogP contribution in [0.5, 0.6) is 0 Å². The minimum absolute atomic E-state index is 0.0296. The number of allylic oxidation sites excluding steroid dienone is 2. The molecule has 0 spiro atoms. The number of carbonyl (C=O) groups is 1. The summed E-state index contributed by atoms with van der Waals surface area (Å²) in [4.78, 5) is 14.3. The molecule has 18 heavy (non-hydrogen) atoms. The van der Waals surface area contributed by atoms with E-state index in [1.165, 1.54) is 0 Å². The van der Waals surface area contributed by atoms with Crippen LogP contribution in [0.25, 0.3) is 0 Å². The van der Waals surface area contributed by atoms with Crippen LogP contribution in [0.15, 0.2) is 12.2 Å². The van der Waals surface area contributed by atoms with Crippen molar-refractivity contribution in [2.75, 3.05) is 39.3 Å². The van der Waals surface area contributed by atoms with Gasteiger partial charge in [0.05, 0.1) is 5.92 Å². The number of hydrogen-bond acceptors (Lipinski definition) is 4. The Morgan fingerprint density at radius 2 is 2.11 bits per heavy atom. The Labute approximate surface area is 108 Å². The summed E-state index contributed by atoms with van der Waals surface area (Å²) in [6.45, 7) is 5.65. The highest BCUT2D eigenvalue weighted by Crippen LogP contribution is 2.43. The maximum atomic E-state index is 12.0. The van der Waals surface area contributed by atoms with Crippen LogP contribution in [0.3, 0.4) is 0 Å². The number of hydrogen-bond donors (Lipinski definition) is 1. The summed E-state index contributed by atoms with van der Waals surface area (Å²) in [7, 11) is 0. The van der Waals surface area contributed by atoms with Gasteiger partial charge in [0, 0.05) is 32.7 Å². The second-order valence-electron chi connectivity index (χ2n) is 5.65. The van der Waals surface area contributed by atoms with Crippen molar-refractivity contribution in [3.8, 4) is 0 Å². The molecule has 0 aromatic heterocycles. The van der Waals surface area contributed by atoms with Gasteiger partial charge in [-0.05, 0) is 24.7 Å². The number of rotatable bonds is 4. The summed E-state index contributed by atoms with van der Waals surface area (Å²) < 4.78 is 5.45. The molecular weight excluding hydrogens is 228 g/mol. The van der Waals surface area contributed by atoms with Crippen molar-refractivity contribution in [2.24, 2.45) is 17.8 Å². The summed E-state index contributed by atoms with van der Waals surface area (Å²) in [5, 5.41) is 3.32. The lowest BCUT2D eigenvalue weighted by atomic mass is 9.94. The molecule has 1 aliphatic heterocycles. The fourth-order valence-corrected chi connectivity index (χ4v) is 3.37. The maximum Gasteiger partial charge on any atom is 0.309 e. The quantitative estimate of drug-likeness (QED) is 0.587. The number of piperazine rings is 1. The van der Waals surface area contributed by atoms with Gasteiger partial charge in [-0.15, -0.1) is 0 Å². The van der Waals surface area contributed by atoms with Gasteiger partial charge in [-0.1, -0.05) is 12.2 Å². The van der Waals surface area contributed by atoms with Crippen molar-refractivity contribution in [3.63, 3.8) is 0 Å². The summed E-state index contributed by atoms with van der Waals surface area (Å²) in [6, 6.07) is 0. The summed E-state index contributed by atoms with van der Waals surface area (Å²) >= 11 is 0. The monoisotopic (exact) mass is 250 g/mol. The van der Waals surface area contributed by atoms with Crippen LogP contribution in [0, 0.1) is 17.8 Å². The average Bonchev–Trinajstić information content (AvgIpc) is 3.02. The van der Waals surface area contributed by atoms with Crippen molar-refractivity contribution >= 4 is 5.97 Å². The van der Waals surface area contributed by atoms with Gasteiger partial charge in [-0.25, -0.2) is 0 Å². The molecule has 100 valence electrons. The van der Waals surface area contributed by atoms with Crippen LogP contribution < -0.4 is 5.32 Å². The number of ether oxygens (including phenoxy) is 1. The molecule has 0 amide bonds. The van der Waals surface area contributed by atoms with Crippen LogP contribution in [0.1, 0.15) is 12.8 Å². The summed E-state index contributed by atoms with van der Waals surface area (Å²) in [5.41, 5.74) is 0. The number of esters is 1. The third-order valence-corrected chi connectivity index (χ3v) is 4.44. The molecule has 0 aromatic carbocycles. The molecule has 1 saturated heterocycles. The molecule has 2 fully saturated rings. The van der Waals surface area contributed by atoms with Gasteiger partial charge in [0.25, 0.3) is 0 Å². The molecule has 0 aromatic rings. The maximum absolute atomic E-state index is 12.0. The first-order valence-electron chi connectivity index (χ1n) is 7.11. The summed E-state index contributed by atoms with van der Waals surface area (Å²) in [6.07, 6.45) is 6.64. The Bertz CT molecular complexity index is 337. The fourth-order valence-electron chi connectivity index (χ4n) is 3.37. The lowest BCUT2D eigenvalue weighted by molar-refractivity contribution is -0.149. The minimum Gasteiger partial charge on any atom is -0.464 e. The first-order valence-corrected chi connectivity index (χ1v) is 7.11. The Morgan fingerprint density at radius 1 is 1.28 bits per heavy atom. The van der Waals surface area contributed by atoms with E-state index < -0.39 is 0 Å². The van der Waals surface area contributed by atoms with Crippen LogP contribution in [-0.4, -0.2) is 50.2 Å². The SMILES string of the molecule is O=C(OCCN1CCNCC1)C1CC2C=CC1C2. The van der Waals surface area contributed by atoms with E-state index in [4.69, 9.17) is 4.74 Å². The highest BCUT2D eigenvalue weighted by atomic mass is 16.5. The minimum atomic E-state index is 0.0296. The summed E-state index contributed by atoms with van der Waals surface area (Å²) in [5.74, 6) is 1.27. The van der Waals surface area contributed by atoms with Gasteiger partial charge in [-0.3, -0.25) is 9.69 Å².